The van der Waals surface area contributed by atoms with Crippen LogP contribution in [-0.4, -0.2) is 57.1 Å². The third-order valence-electron chi connectivity index (χ3n) is 4.75. The van der Waals surface area contributed by atoms with Gasteiger partial charge < -0.3 is 14.4 Å². The zero-order chi connectivity index (χ0) is 17.5. The highest BCUT2D eigenvalue weighted by molar-refractivity contribution is 5.13. The molecule has 0 saturated carbocycles. The lowest BCUT2D eigenvalue weighted by atomic mass is 9.97. The van der Waals surface area contributed by atoms with Gasteiger partial charge in [-0.25, -0.2) is 0 Å². The molecule has 1 aromatic heterocycles. The van der Waals surface area contributed by atoms with Crippen molar-refractivity contribution in [2.24, 2.45) is 0 Å². The maximum absolute atomic E-state index is 10.3. The molecule has 2 atom stereocenters. The van der Waals surface area contributed by atoms with Gasteiger partial charge >= 0.3 is 0 Å². The fourth-order valence-electron chi connectivity index (χ4n) is 3.49. The molecule has 0 bridgehead atoms. The zero-order valence-corrected chi connectivity index (χ0v) is 14.9. The van der Waals surface area contributed by atoms with Crippen molar-refractivity contribution in [1.82, 2.24) is 19.7 Å². The monoisotopic (exact) mass is 344 g/mol. The van der Waals surface area contributed by atoms with E-state index >= 15 is 0 Å². The highest BCUT2D eigenvalue weighted by atomic mass is 16.5. The highest BCUT2D eigenvalue weighted by Crippen LogP contribution is 2.25. The molecule has 1 aromatic carbocycles. The number of β-amino-alcohol motifs (C(OH)–C–C–N with tert-alkyl or cyclic N) is 1. The Kier molecular flexibility index (Phi) is 6.55. The molecule has 6 heteroatoms. The third-order valence-corrected chi connectivity index (χ3v) is 4.75. The van der Waals surface area contributed by atoms with Gasteiger partial charge in [0.05, 0.1) is 19.3 Å². The number of benzene rings is 1. The van der Waals surface area contributed by atoms with Gasteiger partial charge in [0, 0.05) is 25.6 Å². The number of rotatable bonds is 8. The second kappa shape index (κ2) is 9.08. The van der Waals surface area contributed by atoms with Crippen molar-refractivity contribution < 1.29 is 9.84 Å². The van der Waals surface area contributed by atoms with Gasteiger partial charge in [-0.3, -0.25) is 4.90 Å². The van der Waals surface area contributed by atoms with Gasteiger partial charge in [-0.1, -0.05) is 30.3 Å². The molecular weight excluding hydrogens is 316 g/mol. The molecule has 0 amide bonds. The summed E-state index contributed by atoms with van der Waals surface area (Å²) in [5.74, 6) is 1.47. The average molecular weight is 344 g/mol. The summed E-state index contributed by atoms with van der Waals surface area (Å²) >= 11 is 0. The van der Waals surface area contributed by atoms with E-state index < -0.39 is 6.10 Å². The van der Waals surface area contributed by atoms with Gasteiger partial charge in [0.15, 0.2) is 0 Å². The van der Waals surface area contributed by atoms with Crippen molar-refractivity contribution in [2.45, 2.75) is 44.9 Å². The van der Waals surface area contributed by atoms with Crippen LogP contribution in [-0.2, 0) is 17.9 Å². The topological polar surface area (TPSA) is 63.4 Å². The second-order valence-electron chi connectivity index (χ2n) is 6.73. The molecule has 1 fully saturated rings. The summed E-state index contributed by atoms with van der Waals surface area (Å²) in [6, 6.07) is 10.1. The fraction of sp³-hybridized carbons (Fsp3) is 0.579. The van der Waals surface area contributed by atoms with Gasteiger partial charge in [0.2, 0.25) is 0 Å². The van der Waals surface area contributed by atoms with E-state index in [-0.39, 0.29) is 0 Å². The predicted octanol–water partition coefficient (Wildman–Crippen LogP) is 2.06. The summed E-state index contributed by atoms with van der Waals surface area (Å²) in [5.41, 5.74) is 1.13. The number of aryl methyl sites for hydroxylation is 1. The van der Waals surface area contributed by atoms with Gasteiger partial charge in [-0.15, -0.1) is 10.2 Å². The summed E-state index contributed by atoms with van der Waals surface area (Å²) in [6.07, 6.45) is 3.60. The molecule has 0 spiro atoms. The van der Waals surface area contributed by atoms with Crippen LogP contribution < -0.4 is 0 Å². The Morgan fingerprint density at radius 3 is 2.96 bits per heavy atom. The molecule has 1 saturated heterocycles. The maximum atomic E-state index is 10.3. The van der Waals surface area contributed by atoms with E-state index in [4.69, 9.17) is 4.74 Å². The Morgan fingerprint density at radius 1 is 1.32 bits per heavy atom. The predicted molar refractivity (Wildman–Crippen MR) is 96.2 cm³/mol. The quantitative estimate of drug-likeness (QED) is 0.794. The van der Waals surface area contributed by atoms with Crippen LogP contribution in [0.2, 0.25) is 0 Å². The molecule has 2 aromatic rings. The lowest BCUT2D eigenvalue weighted by molar-refractivity contribution is 0.00542. The normalized spacial score (nSPS) is 19.8. The molecule has 2 unspecified atom stereocenters. The van der Waals surface area contributed by atoms with Crippen molar-refractivity contribution in [3.8, 4) is 0 Å². The molecule has 25 heavy (non-hydrogen) atoms. The molecule has 1 N–H and O–H groups in total. The lowest BCUT2D eigenvalue weighted by Crippen LogP contribution is -2.41. The van der Waals surface area contributed by atoms with E-state index in [1.165, 1.54) is 0 Å². The Labute approximate surface area is 149 Å². The van der Waals surface area contributed by atoms with Gasteiger partial charge in [0.25, 0.3) is 0 Å². The number of aliphatic hydroxyl groups is 1. The van der Waals surface area contributed by atoms with Gasteiger partial charge in [-0.05, 0) is 31.9 Å². The van der Waals surface area contributed by atoms with Crippen molar-refractivity contribution in [1.29, 1.82) is 0 Å². The summed E-state index contributed by atoms with van der Waals surface area (Å²) in [7, 11) is 0. The summed E-state index contributed by atoms with van der Waals surface area (Å²) in [6.45, 7) is 6.50. The molecular formula is C19H28N4O2. The maximum Gasteiger partial charge on any atom is 0.137 e. The van der Waals surface area contributed by atoms with Crippen molar-refractivity contribution >= 4 is 0 Å². The summed E-state index contributed by atoms with van der Waals surface area (Å²) in [5, 5.41) is 18.7. The number of aliphatic hydroxyl groups excluding tert-OH is 1. The van der Waals surface area contributed by atoms with E-state index in [2.05, 4.69) is 26.6 Å². The number of hydrogen-bond donors (Lipinski definition) is 1. The van der Waals surface area contributed by atoms with Crippen LogP contribution in [0.25, 0.3) is 0 Å². The van der Waals surface area contributed by atoms with Crippen LogP contribution in [0.3, 0.4) is 0 Å². The molecule has 136 valence electrons. The smallest absolute Gasteiger partial charge is 0.137 e. The standard InChI is InChI=1S/C19H28N4O2/c1-2-23-15-20-21-19(23)17-9-6-10-22(11-17)12-18(24)14-25-13-16-7-4-3-5-8-16/h3-5,7-8,15,17-18,24H,2,6,9-14H2,1H3. The van der Waals surface area contributed by atoms with E-state index in [9.17, 15) is 5.11 Å². The van der Waals surface area contributed by atoms with E-state index in [1.54, 1.807) is 6.33 Å². The molecule has 0 radical (unpaired) electrons. The van der Waals surface area contributed by atoms with E-state index in [0.29, 0.717) is 25.7 Å². The van der Waals surface area contributed by atoms with Crippen LogP contribution in [0, 0.1) is 0 Å². The second-order valence-corrected chi connectivity index (χ2v) is 6.73. The Balaban J connectivity index is 1.44. The highest BCUT2D eigenvalue weighted by Gasteiger charge is 2.26. The van der Waals surface area contributed by atoms with E-state index in [1.807, 2.05) is 30.3 Å². The number of nitrogens with zero attached hydrogens (tertiary/aromatic N) is 4. The van der Waals surface area contributed by atoms with E-state index in [0.717, 1.165) is 43.9 Å². The number of ether oxygens (including phenoxy) is 1. The molecule has 3 rings (SSSR count). The fourth-order valence-corrected chi connectivity index (χ4v) is 3.49. The third kappa shape index (κ3) is 5.11. The lowest BCUT2D eigenvalue weighted by Gasteiger charge is -2.33. The van der Waals surface area contributed by atoms with Gasteiger partial charge in [-0.2, -0.15) is 0 Å². The van der Waals surface area contributed by atoms with Crippen LogP contribution in [0.15, 0.2) is 36.7 Å². The zero-order valence-electron chi connectivity index (χ0n) is 14.9. The Bertz CT molecular complexity index is 631. The number of aromatic nitrogens is 3. The van der Waals surface area contributed by atoms with Gasteiger partial charge in [0.1, 0.15) is 12.2 Å². The molecule has 6 nitrogen and oxygen atoms in total. The molecule has 0 aliphatic carbocycles. The number of hydrogen-bond acceptors (Lipinski definition) is 5. The van der Waals surface area contributed by atoms with Crippen LogP contribution in [0.5, 0.6) is 0 Å². The van der Waals surface area contributed by atoms with Crippen LogP contribution in [0.1, 0.15) is 37.1 Å². The molecule has 2 heterocycles. The Hall–Kier alpha value is -1.76. The SMILES string of the molecule is CCn1cnnc1C1CCCN(CC(O)COCc2ccccc2)C1. The van der Waals surface area contributed by atoms with Crippen molar-refractivity contribution in [3.63, 3.8) is 0 Å². The van der Waals surface area contributed by atoms with Crippen LogP contribution >= 0.6 is 0 Å². The van der Waals surface area contributed by atoms with Crippen LogP contribution in [0.4, 0.5) is 0 Å². The minimum Gasteiger partial charge on any atom is -0.389 e. The summed E-state index contributed by atoms with van der Waals surface area (Å²) < 4.78 is 7.77. The summed E-state index contributed by atoms with van der Waals surface area (Å²) in [4.78, 5) is 2.32. The molecule has 1 aliphatic heterocycles. The molecule has 1 aliphatic rings. The first kappa shape index (κ1) is 18.0. The largest absolute Gasteiger partial charge is 0.389 e. The number of likely N-dealkylation sites (tertiary alicyclic amines) is 1. The first-order chi connectivity index (χ1) is 12.3. The first-order valence-corrected chi connectivity index (χ1v) is 9.16. The van der Waals surface area contributed by atoms with Crippen molar-refractivity contribution in [2.75, 3.05) is 26.2 Å². The first-order valence-electron chi connectivity index (χ1n) is 9.16. The average Bonchev–Trinajstić information content (AvgIpc) is 3.11. The Morgan fingerprint density at radius 2 is 2.16 bits per heavy atom. The van der Waals surface area contributed by atoms with Crippen molar-refractivity contribution in [3.05, 3.63) is 48.0 Å². The number of piperidine rings is 1. The minimum atomic E-state index is -0.466. The minimum absolute atomic E-state index is 0.362.